The van der Waals surface area contributed by atoms with Crippen LogP contribution in [0.4, 0.5) is 5.69 Å². The Balaban J connectivity index is 1.40. The van der Waals surface area contributed by atoms with Crippen molar-refractivity contribution >= 4 is 33.5 Å². The van der Waals surface area contributed by atoms with Crippen LogP contribution in [-0.4, -0.2) is 41.0 Å². The van der Waals surface area contributed by atoms with Crippen molar-refractivity contribution in [2.24, 2.45) is 5.41 Å². The maximum Gasteiger partial charge on any atom is 0.229 e. The predicted molar refractivity (Wildman–Crippen MR) is 144 cm³/mol. The fourth-order valence-corrected chi connectivity index (χ4v) is 4.15. The van der Waals surface area contributed by atoms with Crippen LogP contribution in [0.5, 0.6) is 0 Å². The number of amides is 1. The lowest BCUT2D eigenvalue weighted by Crippen LogP contribution is -2.27. The van der Waals surface area contributed by atoms with Crippen LogP contribution in [0.15, 0.2) is 73.6 Å². The Morgan fingerprint density at radius 3 is 2.54 bits per heavy atom. The molecule has 0 aliphatic rings. The maximum atomic E-state index is 12.4. The van der Waals surface area contributed by atoms with Gasteiger partial charge >= 0.3 is 0 Å². The van der Waals surface area contributed by atoms with Crippen LogP contribution in [0.2, 0.25) is 0 Å². The second-order valence-electron chi connectivity index (χ2n) is 9.90. The maximum absolute atomic E-state index is 12.4. The van der Waals surface area contributed by atoms with Crippen LogP contribution in [0.3, 0.4) is 0 Å². The third-order valence-electron chi connectivity index (χ3n) is 6.15. The summed E-state index contributed by atoms with van der Waals surface area (Å²) in [5.41, 5.74) is 7.58. The first kappa shape index (κ1) is 22.5. The minimum absolute atomic E-state index is 0.0778. The van der Waals surface area contributed by atoms with Crippen molar-refractivity contribution in [3.63, 3.8) is 0 Å². The van der Waals surface area contributed by atoms with Crippen molar-refractivity contribution in [2.75, 3.05) is 5.32 Å². The number of hydrogen-bond acceptors (Lipinski definition) is 6. The number of carbonyl (C=O) groups is 1. The lowest BCUT2D eigenvalue weighted by molar-refractivity contribution is -0.123. The fourth-order valence-electron chi connectivity index (χ4n) is 4.15. The molecule has 182 valence electrons. The van der Waals surface area contributed by atoms with Crippen molar-refractivity contribution in [1.82, 2.24) is 35.1 Å². The van der Waals surface area contributed by atoms with E-state index in [9.17, 15) is 4.79 Å². The quantitative estimate of drug-likeness (QED) is 0.296. The first-order valence-electron chi connectivity index (χ1n) is 11.9. The average molecular weight is 489 g/mol. The number of rotatable bonds is 4. The summed E-state index contributed by atoms with van der Waals surface area (Å²) in [6.45, 7) is 5.61. The van der Waals surface area contributed by atoms with Crippen molar-refractivity contribution in [3.8, 4) is 33.8 Å². The van der Waals surface area contributed by atoms with Gasteiger partial charge in [-0.05, 0) is 30.3 Å². The largest absolute Gasteiger partial charge is 0.352 e. The van der Waals surface area contributed by atoms with Gasteiger partial charge in [0.05, 0.1) is 40.5 Å². The highest BCUT2D eigenvalue weighted by atomic mass is 16.2. The number of anilines is 1. The highest BCUT2D eigenvalue weighted by molar-refractivity contribution is 6.00. The molecule has 6 aromatic heterocycles. The zero-order chi connectivity index (χ0) is 25.6. The van der Waals surface area contributed by atoms with Crippen LogP contribution < -0.4 is 5.32 Å². The standard InChI is InChI=1S/C28H24N8O/c1-28(2,3)27(37)32-18-9-17(12-30-13-18)21-6-7-22-25(34-21)26(36-35-22)23-10-19-20(14-31-15-24(19)33-23)16-5-4-8-29-11-16/h4-15,33H,1-3H3,(H,32,37)(H,35,36). The van der Waals surface area contributed by atoms with Gasteiger partial charge in [-0.15, -0.1) is 0 Å². The molecule has 0 unspecified atom stereocenters. The van der Waals surface area contributed by atoms with Gasteiger partial charge in [0.25, 0.3) is 0 Å². The van der Waals surface area contributed by atoms with E-state index in [2.05, 4.69) is 41.5 Å². The molecule has 0 saturated heterocycles. The molecule has 6 heterocycles. The lowest BCUT2D eigenvalue weighted by atomic mass is 9.95. The minimum atomic E-state index is -0.509. The SMILES string of the molecule is CC(C)(C)C(=O)Nc1cncc(-c2ccc3[nH]nc(-c4cc5c(-c6cccnc6)cncc5[nH]4)c3n2)c1. The van der Waals surface area contributed by atoms with E-state index >= 15 is 0 Å². The van der Waals surface area contributed by atoms with E-state index in [1.807, 2.05) is 63.5 Å². The third kappa shape index (κ3) is 4.20. The molecule has 3 N–H and O–H groups in total. The molecule has 0 saturated carbocycles. The fraction of sp³-hybridized carbons (Fsp3) is 0.143. The van der Waals surface area contributed by atoms with E-state index in [0.29, 0.717) is 11.4 Å². The highest BCUT2D eigenvalue weighted by Gasteiger charge is 2.21. The first-order chi connectivity index (χ1) is 17.9. The van der Waals surface area contributed by atoms with E-state index in [1.54, 1.807) is 24.8 Å². The number of H-pyrrole nitrogens is 2. The molecule has 6 aromatic rings. The van der Waals surface area contributed by atoms with E-state index in [0.717, 1.165) is 50.0 Å². The van der Waals surface area contributed by atoms with Crippen molar-refractivity contribution in [1.29, 1.82) is 0 Å². The van der Waals surface area contributed by atoms with Crippen LogP contribution in [-0.2, 0) is 4.79 Å². The van der Waals surface area contributed by atoms with E-state index in [-0.39, 0.29) is 5.91 Å². The molecule has 0 spiro atoms. The predicted octanol–water partition coefficient (Wildman–Crippen LogP) is 5.61. The Hall–Kier alpha value is -4.92. The molecule has 0 aromatic carbocycles. The van der Waals surface area contributed by atoms with E-state index in [4.69, 9.17) is 4.98 Å². The third-order valence-corrected chi connectivity index (χ3v) is 6.15. The molecule has 6 rings (SSSR count). The molecule has 0 bridgehead atoms. The summed E-state index contributed by atoms with van der Waals surface area (Å²) in [7, 11) is 0. The molecule has 0 atom stereocenters. The second kappa shape index (κ2) is 8.63. The normalized spacial score (nSPS) is 11.8. The van der Waals surface area contributed by atoms with Crippen LogP contribution in [0.25, 0.3) is 55.7 Å². The van der Waals surface area contributed by atoms with Gasteiger partial charge in [-0.3, -0.25) is 24.8 Å². The number of nitrogens with one attached hydrogen (secondary N) is 3. The van der Waals surface area contributed by atoms with Crippen molar-refractivity contribution in [3.05, 3.63) is 73.6 Å². The molecule has 37 heavy (non-hydrogen) atoms. The number of carbonyl (C=O) groups excluding carboxylic acids is 1. The van der Waals surface area contributed by atoms with Crippen LogP contribution in [0, 0.1) is 5.41 Å². The first-order valence-corrected chi connectivity index (χ1v) is 11.9. The van der Waals surface area contributed by atoms with Gasteiger partial charge in [0.2, 0.25) is 5.91 Å². The van der Waals surface area contributed by atoms with Crippen molar-refractivity contribution in [2.45, 2.75) is 20.8 Å². The number of nitrogens with zero attached hydrogens (tertiary/aromatic N) is 5. The summed E-state index contributed by atoms with van der Waals surface area (Å²) >= 11 is 0. The molecular formula is C28H24N8O. The minimum Gasteiger partial charge on any atom is -0.352 e. The molecular weight excluding hydrogens is 464 g/mol. The number of pyridine rings is 4. The van der Waals surface area contributed by atoms with Gasteiger partial charge in [-0.25, -0.2) is 4.98 Å². The zero-order valence-corrected chi connectivity index (χ0v) is 20.6. The summed E-state index contributed by atoms with van der Waals surface area (Å²) < 4.78 is 0. The molecule has 9 heteroatoms. The Labute approximate surface area is 212 Å². The Morgan fingerprint density at radius 1 is 0.892 bits per heavy atom. The number of aromatic amines is 2. The molecule has 0 fully saturated rings. The van der Waals surface area contributed by atoms with Gasteiger partial charge in [-0.1, -0.05) is 26.8 Å². The van der Waals surface area contributed by atoms with Gasteiger partial charge in [-0.2, -0.15) is 5.10 Å². The monoisotopic (exact) mass is 488 g/mol. The topological polar surface area (TPSA) is 125 Å². The van der Waals surface area contributed by atoms with Gasteiger partial charge in [0, 0.05) is 52.3 Å². The van der Waals surface area contributed by atoms with Gasteiger partial charge < -0.3 is 10.3 Å². The number of hydrogen-bond donors (Lipinski definition) is 3. The van der Waals surface area contributed by atoms with Crippen molar-refractivity contribution < 1.29 is 4.79 Å². The summed E-state index contributed by atoms with van der Waals surface area (Å²) in [4.78, 5) is 33.7. The molecule has 0 radical (unpaired) electrons. The highest BCUT2D eigenvalue weighted by Crippen LogP contribution is 2.33. The summed E-state index contributed by atoms with van der Waals surface area (Å²) in [6, 6.07) is 11.7. The van der Waals surface area contributed by atoms with E-state index in [1.165, 1.54) is 0 Å². The Bertz CT molecular complexity index is 1760. The summed E-state index contributed by atoms with van der Waals surface area (Å²) in [6.07, 6.45) is 10.6. The number of aromatic nitrogens is 7. The van der Waals surface area contributed by atoms with Gasteiger partial charge in [0.15, 0.2) is 0 Å². The average Bonchev–Trinajstić information content (AvgIpc) is 3.52. The molecule has 9 nitrogen and oxygen atoms in total. The smallest absolute Gasteiger partial charge is 0.229 e. The summed E-state index contributed by atoms with van der Waals surface area (Å²) in [5, 5.41) is 11.6. The lowest BCUT2D eigenvalue weighted by Gasteiger charge is -2.17. The second-order valence-corrected chi connectivity index (χ2v) is 9.90. The molecule has 0 aliphatic carbocycles. The van der Waals surface area contributed by atoms with E-state index < -0.39 is 5.41 Å². The van der Waals surface area contributed by atoms with Gasteiger partial charge in [0.1, 0.15) is 11.2 Å². The Morgan fingerprint density at radius 2 is 1.73 bits per heavy atom. The Kier molecular flexibility index (Phi) is 5.26. The zero-order valence-electron chi connectivity index (χ0n) is 20.6. The molecule has 1 amide bonds. The number of fused-ring (bicyclic) bond motifs is 2. The molecule has 0 aliphatic heterocycles. The van der Waals surface area contributed by atoms with Crippen LogP contribution >= 0.6 is 0 Å². The summed E-state index contributed by atoms with van der Waals surface area (Å²) in [5.74, 6) is -0.0778. The van der Waals surface area contributed by atoms with Crippen LogP contribution in [0.1, 0.15) is 20.8 Å².